The van der Waals surface area contributed by atoms with Crippen molar-refractivity contribution in [1.29, 1.82) is 0 Å². The molecule has 162 valence electrons. The third kappa shape index (κ3) is 4.57. The molecule has 1 aliphatic rings. The first-order valence-electron chi connectivity index (χ1n) is 11.0. The second-order valence-electron chi connectivity index (χ2n) is 8.48. The first-order chi connectivity index (χ1) is 15.6. The van der Waals surface area contributed by atoms with Crippen molar-refractivity contribution in [3.63, 3.8) is 0 Å². The van der Waals surface area contributed by atoms with Gasteiger partial charge in [-0.15, -0.1) is 0 Å². The number of likely N-dealkylation sites (tertiary alicyclic amines) is 1. The molecule has 0 N–H and O–H groups in total. The normalized spacial score (nSPS) is 15.3. The van der Waals surface area contributed by atoms with Gasteiger partial charge in [0.1, 0.15) is 11.6 Å². The standard InChI is InChI=1S/C25H26N6O/c1-30-16-21(15-28-30)19-5-6-20-14-27-25(29-23(20)12-19)13-24(32)18-7-10-31(11-8-18)17-22-4-2-3-9-26-22/h2-6,9,12,14-16,18H,7-8,10-11,13,17H2,1H3. The first kappa shape index (κ1) is 20.5. The molecule has 7 heteroatoms. The summed E-state index contributed by atoms with van der Waals surface area (Å²) < 4.78 is 1.78. The van der Waals surface area contributed by atoms with Crippen molar-refractivity contribution in [2.75, 3.05) is 13.1 Å². The zero-order valence-corrected chi connectivity index (χ0v) is 18.2. The zero-order chi connectivity index (χ0) is 21.9. The third-order valence-corrected chi connectivity index (χ3v) is 6.16. The number of pyridine rings is 1. The van der Waals surface area contributed by atoms with Crippen molar-refractivity contribution in [2.24, 2.45) is 13.0 Å². The largest absolute Gasteiger partial charge is 0.299 e. The van der Waals surface area contributed by atoms with E-state index in [-0.39, 0.29) is 18.1 Å². The summed E-state index contributed by atoms with van der Waals surface area (Å²) in [4.78, 5) is 28.9. The maximum Gasteiger partial charge on any atom is 0.143 e. The molecular weight excluding hydrogens is 400 g/mol. The maximum absolute atomic E-state index is 12.9. The van der Waals surface area contributed by atoms with Crippen LogP contribution >= 0.6 is 0 Å². The molecule has 0 atom stereocenters. The van der Waals surface area contributed by atoms with Crippen molar-refractivity contribution in [2.45, 2.75) is 25.8 Å². The van der Waals surface area contributed by atoms with Crippen molar-refractivity contribution in [1.82, 2.24) is 29.6 Å². The van der Waals surface area contributed by atoms with Crippen LogP contribution in [0, 0.1) is 5.92 Å². The van der Waals surface area contributed by atoms with E-state index in [0.29, 0.717) is 5.82 Å². The Morgan fingerprint density at radius 1 is 1.06 bits per heavy atom. The lowest BCUT2D eigenvalue weighted by atomic mass is 9.90. The Kier molecular flexibility index (Phi) is 5.73. The predicted molar refractivity (Wildman–Crippen MR) is 123 cm³/mol. The summed E-state index contributed by atoms with van der Waals surface area (Å²) in [5, 5.41) is 5.21. The van der Waals surface area contributed by atoms with Gasteiger partial charge >= 0.3 is 0 Å². The highest BCUT2D eigenvalue weighted by Gasteiger charge is 2.25. The van der Waals surface area contributed by atoms with Crippen molar-refractivity contribution < 1.29 is 4.79 Å². The van der Waals surface area contributed by atoms with Crippen molar-refractivity contribution in [3.05, 3.63) is 72.7 Å². The van der Waals surface area contributed by atoms with E-state index < -0.39 is 0 Å². The van der Waals surface area contributed by atoms with Gasteiger partial charge < -0.3 is 0 Å². The highest BCUT2D eigenvalue weighted by Crippen LogP contribution is 2.24. The smallest absolute Gasteiger partial charge is 0.143 e. The van der Waals surface area contributed by atoms with Gasteiger partial charge in [0.2, 0.25) is 0 Å². The summed E-state index contributed by atoms with van der Waals surface area (Å²) in [5.41, 5.74) is 4.03. The zero-order valence-electron chi connectivity index (χ0n) is 18.2. The van der Waals surface area contributed by atoms with Crippen LogP contribution in [0.4, 0.5) is 0 Å². The fourth-order valence-electron chi connectivity index (χ4n) is 4.33. The fourth-order valence-corrected chi connectivity index (χ4v) is 4.33. The highest BCUT2D eigenvalue weighted by atomic mass is 16.1. The number of benzene rings is 1. The number of nitrogens with zero attached hydrogens (tertiary/aromatic N) is 6. The van der Waals surface area contributed by atoms with Crippen LogP contribution in [0.5, 0.6) is 0 Å². The topological polar surface area (TPSA) is 76.8 Å². The Hall–Kier alpha value is -3.45. The van der Waals surface area contributed by atoms with Crippen LogP contribution in [-0.2, 0) is 24.8 Å². The Balaban J connectivity index is 1.22. The summed E-state index contributed by atoms with van der Waals surface area (Å²) in [6.45, 7) is 2.68. The lowest BCUT2D eigenvalue weighted by Crippen LogP contribution is -2.36. The number of hydrogen-bond donors (Lipinski definition) is 0. The minimum Gasteiger partial charge on any atom is -0.299 e. The van der Waals surface area contributed by atoms with Gasteiger partial charge in [0.05, 0.1) is 23.8 Å². The molecule has 0 bridgehead atoms. The summed E-state index contributed by atoms with van der Waals surface area (Å²) in [7, 11) is 1.90. The van der Waals surface area contributed by atoms with Gasteiger partial charge in [-0.2, -0.15) is 5.10 Å². The Morgan fingerprint density at radius 2 is 1.94 bits per heavy atom. The van der Waals surface area contributed by atoms with Crippen LogP contribution in [0.15, 0.2) is 61.2 Å². The van der Waals surface area contributed by atoms with Gasteiger partial charge in [-0.1, -0.05) is 18.2 Å². The highest BCUT2D eigenvalue weighted by molar-refractivity contribution is 5.85. The van der Waals surface area contributed by atoms with Crippen LogP contribution < -0.4 is 0 Å². The molecule has 4 heterocycles. The van der Waals surface area contributed by atoms with E-state index in [1.165, 1.54) is 0 Å². The lowest BCUT2D eigenvalue weighted by Gasteiger charge is -2.30. The summed E-state index contributed by atoms with van der Waals surface area (Å²) in [5.74, 6) is 0.919. The molecule has 0 radical (unpaired) electrons. The minimum absolute atomic E-state index is 0.0796. The average molecular weight is 427 g/mol. The SMILES string of the molecule is Cn1cc(-c2ccc3cnc(CC(=O)C4CCN(Cc5ccccn5)CC4)nc3c2)cn1. The minimum atomic E-state index is 0.0796. The van der Waals surface area contributed by atoms with Crippen LogP contribution in [0.3, 0.4) is 0 Å². The molecular formula is C25H26N6O. The van der Waals surface area contributed by atoms with Gasteiger partial charge in [0, 0.05) is 49.1 Å². The van der Waals surface area contributed by atoms with E-state index in [1.54, 1.807) is 4.68 Å². The first-order valence-corrected chi connectivity index (χ1v) is 11.0. The number of ketones is 1. The van der Waals surface area contributed by atoms with Crippen LogP contribution in [0.25, 0.3) is 22.0 Å². The van der Waals surface area contributed by atoms with E-state index in [2.05, 4.69) is 20.0 Å². The number of carbonyl (C=O) groups excluding carboxylic acids is 1. The van der Waals surface area contributed by atoms with Crippen LogP contribution in [-0.4, -0.2) is 48.5 Å². The monoisotopic (exact) mass is 426 g/mol. The number of Topliss-reactive ketones (excluding diaryl/α,β-unsaturated/α-hetero) is 1. The Morgan fingerprint density at radius 3 is 2.69 bits per heavy atom. The number of aromatic nitrogens is 5. The number of piperidine rings is 1. The molecule has 1 fully saturated rings. The molecule has 1 saturated heterocycles. The molecule has 0 amide bonds. The number of hydrogen-bond acceptors (Lipinski definition) is 6. The van der Waals surface area contributed by atoms with E-state index in [1.807, 2.05) is 68.2 Å². The number of fused-ring (bicyclic) bond motifs is 1. The van der Waals surface area contributed by atoms with Crippen molar-refractivity contribution in [3.8, 4) is 11.1 Å². The second kappa shape index (κ2) is 8.96. The van der Waals surface area contributed by atoms with E-state index in [9.17, 15) is 4.79 Å². The Labute approximate surface area is 187 Å². The molecule has 0 unspecified atom stereocenters. The van der Waals surface area contributed by atoms with E-state index in [0.717, 1.165) is 60.2 Å². The fraction of sp³-hybridized carbons (Fsp3) is 0.320. The van der Waals surface area contributed by atoms with Gasteiger partial charge in [0.25, 0.3) is 0 Å². The number of carbonyl (C=O) groups is 1. The van der Waals surface area contributed by atoms with Gasteiger partial charge in [-0.3, -0.25) is 19.4 Å². The van der Waals surface area contributed by atoms with Gasteiger partial charge in [-0.25, -0.2) is 9.97 Å². The number of rotatable bonds is 6. The quantitative estimate of drug-likeness (QED) is 0.470. The molecule has 0 saturated carbocycles. The molecule has 3 aromatic heterocycles. The van der Waals surface area contributed by atoms with Crippen molar-refractivity contribution >= 4 is 16.7 Å². The predicted octanol–water partition coefficient (Wildman–Crippen LogP) is 3.45. The summed E-state index contributed by atoms with van der Waals surface area (Å²) in [6, 6.07) is 12.1. The summed E-state index contributed by atoms with van der Waals surface area (Å²) in [6.07, 6.45) is 9.51. The lowest BCUT2D eigenvalue weighted by molar-refractivity contribution is -0.123. The number of aryl methyl sites for hydroxylation is 1. The summed E-state index contributed by atoms with van der Waals surface area (Å²) >= 11 is 0. The molecule has 5 rings (SSSR count). The van der Waals surface area contributed by atoms with Crippen LogP contribution in [0.2, 0.25) is 0 Å². The molecule has 0 spiro atoms. The molecule has 4 aromatic rings. The molecule has 1 aliphatic heterocycles. The van der Waals surface area contributed by atoms with Gasteiger partial charge in [-0.05, 0) is 49.7 Å². The second-order valence-corrected chi connectivity index (χ2v) is 8.48. The molecule has 0 aliphatic carbocycles. The molecule has 7 nitrogen and oxygen atoms in total. The molecule has 1 aromatic carbocycles. The third-order valence-electron chi connectivity index (χ3n) is 6.16. The van der Waals surface area contributed by atoms with Crippen LogP contribution in [0.1, 0.15) is 24.4 Å². The van der Waals surface area contributed by atoms with E-state index >= 15 is 0 Å². The maximum atomic E-state index is 12.9. The van der Waals surface area contributed by atoms with E-state index in [4.69, 9.17) is 4.98 Å². The van der Waals surface area contributed by atoms with Gasteiger partial charge in [0.15, 0.2) is 0 Å². The average Bonchev–Trinajstić information content (AvgIpc) is 3.26. The molecule has 32 heavy (non-hydrogen) atoms. The Bertz CT molecular complexity index is 1230.